The van der Waals surface area contributed by atoms with Crippen LogP contribution in [-0.4, -0.2) is 20.0 Å². The van der Waals surface area contributed by atoms with E-state index in [1.54, 1.807) is 19.2 Å². The first kappa shape index (κ1) is 10.6. The van der Waals surface area contributed by atoms with Gasteiger partial charge in [0.15, 0.2) is 5.78 Å². The molecule has 1 aromatic carbocycles. The van der Waals surface area contributed by atoms with E-state index in [-0.39, 0.29) is 5.78 Å². The Hall–Kier alpha value is -1.51. The Morgan fingerprint density at radius 3 is 2.57 bits per heavy atom. The average molecular weight is 193 g/mol. The van der Waals surface area contributed by atoms with Gasteiger partial charge >= 0.3 is 0 Å². The summed E-state index contributed by atoms with van der Waals surface area (Å²) in [6.45, 7) is 1.81. The monoisotopic (exact) mass is 193 g/mol. The molecule has 1 aromatic rings. The molecule has 0 aromatic heterocycles. The molecule has 0 amide bonds. The second-order valence-electron chi connectivity index (χ2n) is 2.75. The van der Waals surface area contributed by atoms with Gasteiger partial charge in [-0.2, -0.15) is 0 Å². The van der Waals surface area contributed by atoms with Gasteiger partial charge in [0.1, 0.15) is 11.5 Å². The van der Waals surface area contributed by atoms with Crippen molar-refractivity contribution in [3.63, 3.8) is 0 Å². The smallest absolute Gasteiger partial charge is 0.166 e. The normalized spacial score (nSPS) is 9.64. The largest absolute Gasteiger partial charge is 0.496 e. The first-order chi connectivity index (χ1) is 6.72. The van der Waals surface area contributed by atoms with E-state index in [1.165, 1.54) is 7.11 Å². The van der Waals surface area contributed by atoms with E-state index < -0.39 is 0 Å². The highest BCUT2D eigenvalue weighted by Gasteiger charge is 2.11. The van der Waals surface area contributed by atoms with Crippen molar-refractivity contribution in [3.8, 4) is 11.5 Å². The summed E-state index contributed by atoms with van der Waals surface area (Å²) >= 11 is 0. The van der Waals surface area contributed by atoms with Crippen LogP contribution in [-0.2, 0) is 0 Å². The fourth-order valence-electron chi connectivity index (χ4n) is 1.15. The van der Waals surface area contributed by atoms with Gasteiger partial charge in [0.05, 0.1) is 25.8 Å². The molecule has 0 aliphatic carbocycles. The number of rotatable bonds is 4. The van der Waals surface area contributed by atoms with Crippen LogP contribution < -0.4 is 9.47 Å². The molecule has 1 rings (SSSR count). The zero-order valence-electron chi connectivity index (χ0n) is 8.59. The Morgan fingerprint density at radius 2 is 2.07 bits per heavy atom. The minimum Gasteiger partial charge on any atom is -0.496 e. The van der Waals surface area contributed by atoms with Gasteiger partial charge in [-0.15, -0.1) is 0 Å². The third-order valence-corrected chi connectivity index (χ3v) is 1.93. The van der Waals surface area contributed by atoms with Crippen LogP contribution in [0.4, 0.5) is 0 Å². The molecule has 0 aliphatic rings. The van der Waals surface area contributed by atoms with Crippen molar-refractivity contribution in [2.24, 2.45) is 0 Å². The first-order valence-electron chi connectivity index (χ1n) is 4.40. The summed E-state index contributed by atoms with van der Waals surface area (Å²) in [5, 5.41) is 0. The fraction of sp³-hybridized carbons (Fsp3) is 0.364. The molecule has 3 heteroatoms. The summed E-state index contributed by atoms with van der Waals surface area (Å²) in [6.07, 6.45) is 0.455. The molecule has 0 bridgehead atoms. The van der Waals surface area contributed by atoms with Crippen molar-refractivity contribution in [3.05, 3.63) is 23.8 Å². The number of methoxy groups -OCH3 is 2. The molecule has 0 saturated heterocycles. The van der Waals surface area contributed by atoms with E-state index in [0.29, 0.717) is 23.5 Å². The lowest BCUT2D eigenvalue weighted by atomic mass is 10.1. The van der Waals surface area contributed by atoms with E-state index in [1.807, 2.05) is 6.92 Å². The fourth-order valence-corrected chi connectivity index (χ4v) is 1.15. The predicted octanol–water partition coefficient (Wildman–Crippen LogP) is 2.10. The maximum absolute atomic E-state index is 11.5. The zero-order valence-corrected chi connectivity index (χ0v) is 8.59. The van der Waals surface area contributed by atoms with Crippen LogP contribution in [0.3, 0.4) is 0 Å². The van der Waals surface area contributed by atoms with Crippen molar-refractivity contribution in [1.29, 1.82) is 0 Å². The number of ketones is 1. The van der Waals surface area contributed by atoms with Crippen molar-refractivity contribution in [2.45, 2.75) is 13.3 Å². The lowest BCUT2D eigenvalue weighted by Crippen LogP contribution is -2.01. The second kappa shape index (κ2) is 4.65. The number of ether oxygens (including phenoxy) is 2. The van der Waals surface area contributed by atoms with Crippen molar-refractivity contribution in [2.75, 3.05) is 14.2 Å². The van der Waals surface area contributed by atoms with Crippen LogP contribution in [0.5, 0.6) is 11.5 Å². The van der Waals surface area contributed by atoms with E-state index in [4.69, 9.17) is 9.47 Å². The van der Waals surface area contributed by atoms with Crippen LogP contribution >= 0.6 is 0 Å². The Balaban J connectivity index is 3.11. The maximum Gasteiger partial charge on any atom is 0.166 e. The van der Waals surface area contributed by atoms with E-state index in [2.05, 4.69) is 6.07 Å². The van der Waals surface area contributed by atoms with Gasteiger partial charge in [0.2, 0.25) is 0 Å². The highest BCUT2D eigenvalue weighted by Crippen LogP contribution is 2.24. The van der Waals surface area contributed by atoms with E-state index in [0.717, 1.165) is 0 Å². The summed E-state index contributed by atoms with van der Waals surface area (Å²) in [5.41, 5.74) is 0.552. The molecule has 3 nitrogen and oxygen atoms in total. The topological polar surface area (TPSA) is 35.5 Å². The molecule has 0 N–H and O–H groups in total. The number of hydrogen-bond donors (Lipinski definition) is 0. The highest BCUT2D eigenvalue weighted by molar-refractivity contribution is 5.98. The van der Waals surface area contributed by atoms with Crippen LogP contribution in [0, 0.1) is 6.07 Å². The Kier molecular flexibility index (Phi) is 3.51. The number of carbonyl (C=O) groups excluding carboxylic acids is 1. The van der Waals surface area contributed by atoms with Crippen molar-refractivity contribution < 1.29 is 14.3 Å². The van der Waals surface area contributed by atoms with Gasteiger partial charge in [-0.1, -0.05) is 6.92 Å². The quantitative estimate of drug-likeness (QED) is 0.687. The summed E-state index contributed by atoms with van der Waals surface area (Å²) in [4.78, 5) is 11.5. The van der Waals surface area contributed by atoms with Crippen LogP contribution in [0.15, 0.2) is 12.1 Å². The molecule has 75 valence electrons. The predicted molar refractivity (Wildman–Crippen MR) is 53.0 cm³/mol. The molecule has 0 heterocycles. The standard InChI is InChI=1S/C11H13O3/c1-4-10(12)9-6-5-8(13-2)7-11(9)14-3/h5-6H,4H2,1-3H3. The number of carbonyl (C=O) groups is 1. The van der Waals surface area contributed by atoms with Gasteiger partial charge in [-0.25, -0.2) is 0 Å². The minimum absolute atomic E-state index is 0.0424. The van der Waals surface area contributed by atoms with Gasteiger partial charge in [-0.3, -0.25) is 4.79 Å². The summed E-state index contributed by atoms with van der Waals surface area (Å²) in [6, 6.07) is 6.26. The molecule has 0 saturated carbocycles. The molecule has 0 atom stereocenters. The lowest BCUT2D eigenvalue weighted by Gasteiger charge is -2.07. The lowest BCUT2D eigenvalue weighted by molar-refractivity contribution is 0.0985. The van der Waals surface area contributed by atoms with Gasteiger partial charge in [0, 0.05) is 6.42 Å². The molecular weight excluding hydrogens is 180 g/mol. The zero-order chi connectivity index (χ0) is 10.6. The van der Waals surface area contributed by atoms with Gasteiger partial charge in [0.25, 0.3) is 0 Å². The van der Waals surface area contributed by atoms with Crippen LogP contribution in [0.2, 0.25) is 0 Å². The molecule has 1 radical (unpaired) electrons. The molecule has 0 fully saturated rings. The van der Waals surface area contributed by atoms with Crippen LogP contribution in [0.25, 0.3) is 0 Å². The summed E-state index contributed by atoms with van der Waals surface area (Å²) < 4.78 is 10.0. The van der Waals surface area contributed by atoms with Crippen molar-refractivity contribution in [1.82, 2.24) is 0 Å². The second-order valence-corrected chi connectivity index (χ2v) is 2.75. The Labute approximate surface area is 83.6 Å². The third-order valence-electron chi connectivity index (χ3n) is 1.93. The number of hydrogen-bond acceptors (Lipinski definition) is 3. The molecule has 0 spiro atoms. The highest BCUT2D eigenvalue weighted by atomic mass is 16.5. The molecule has 0 unspecified atom stereocenters. The Bertz CT molecular complexity index is 331. The van der Waals surface area contributed by atoms with Gasteiger partial charge in [-0.05, 0) is 12.1 Å². The summed E-state index contributed by atoms with van der Waals surface area (Å²) in [7, 11) is 3.06. The third kappa shape index (κ3) is 2.05. The number of Topliss-reactive ketones (excluding diaryl/α,β-unsaturated/α-hetero) is 1. The Morgan fingerprint density at radius 1 is 1.36 bits per heavy atom. The molecule has 14 heavy (non-hydrogen) atoms. The first-order valence-corrected chi connectivity index (χ1v) is 4.40. The van der Waals surface area contributed by atoms with E-state index >= 15 is 0 Å². The van der Waals surface area contributed by atoms with Gasteiger partial charge < -0.3 is 9.47 Å². The SMILES string of the molecule is CCC(=O)c1ccc(OC)[c]c1OC. The van der Waals surface area contributed by atoms with Crippen molar-refractivity contribution >= 4 is 5.78 Å². The van der Waals surface area contributed by atoms with Crippen LogP contribution in [0.1, 0.15) is 23.7 Å². The summed E-state index contributed by atoms with van der Waals surface area (Å²) in [5.74, 6) is 1.05. The number of benzene rings is 1. The minimum atomic E-state index is 0.0424. The molecular formula is C11H13O3. The van der Waals surface area contributed by atoms with E-state index in [9.17, 15) is 4.79 Å². The molecule has 0 aliphatic heterocycles. The average Bonchev–Trinajstić information content (AvgIpc) is 2.27. The maximum atomic E-state index is 11.5.